The molecule has 2 aliphatic rings. The molecule has 8 heteroatoms. The highest BCUT2D eigenvalue weighted by atomic mass is 35.5. The van der Waals surface area contributed by atoms with Crippen molar-refractivity contribution >= 4 is 29.3 Å². The summed E-state index contributed by atoms with van der Waals surface area (Å²) in [4.78, 5) is 24.7. The highest BCUT2D eigenvalue weighted by molar-refractivity contribution is 6.29. The van der Waals surface area contributed by atoms with Gasteiger partial charge >= 0.3 is 0 Å². The van der Waals surface area contributed by atoms with E-state index in [1.165, 1.54) is 12.8 Å². The zero-order valence-electron chi connectivity index (χ0n) is 14.7. The number of carbonyl (C=O) groups is 1. The van der Waals surface area contributed by atoms with E-state index < -0.39 is 0 Å². The van der Waals surface area contributed by atoms with Crippen LogP contribution in [0.4, 0.5) is 11.8 Å². The van der Waals surface area contributed by atoms with Gasteiger partial charge in [-0.2, -0.15) is 4.98 Å². The molecule has 2 unspecified atom stereocenters. The minimum atomic E-state index is 0.141. The second kappa shape index (κ2) is 8.19. The van der Waals surface area contributed by atoms with Gasteiger partial charge in [0.2, 0.25) is 11.9 Å². The summed E-state index contributed by atoms with van der Waals surface area (Å²) in [5.41, 5.74) is 5.66. The van der Waals surface area contributed by atoms with Gasteiger partial charge < -0.3 is 16.0 Å². The minimum Gasteiger partial charge on any atom is -0.368 e. The van der Waals surface area contributed by atoms with Gasteiger partial charge in [-0.05, 0) is 18.8 Å². The molecule has 0 radical (unpaired) electrons. The summed E-state index contributed by atoms with van der Waals surface area (Å²) in [6, 6.07) is 2.08. The molecule has 2 heterocycles. The lowest BCUT2D eigenvalue weighted by atomic mass is 9.87. The molecule has 25 heavy (non-hydrogen) atoms. The second-order valence-electron chi connectivity index (χ2n) is 7.21. The zero-order valence-corrected chi connectivity index (χ0v) is 15.5. The van der Waals surface area contributed by atoms with E-state index in [1.807, 2.05) is 0 Å². The highest BCUT2D eigenvalue weighted by Gasteiger charge is 2.23. The van der Waals surface area contributed by atoms with Crippen LogP contribution in [0.2, 0.25) is 5.15 Å². The molecule has 1 amide bonds. The normalized spacial score (nSPS) is 25.0. The van der Waals surface area contributed by atoms with Crippen molar-refractivity contribution in [2.45, 2.75) is 38.6 Å². The number of nitrogens with zero attached hydrogens (tertiary/aromatic N) is 4. The van der Waals surface area contributed by atoms with Crippen LogP contribution >= 0.6 is 11.6 Å². The highest BCUT2D eigenvalue weighted by Crippen LogP contribution is 2.23. The van der Waals surface area contributed by atoms with E-state index in [0.717, 1.165) is 50.8 Å². The summed E-state index contributed by atoms with van der Waals surface area (Å²) < 4.78 is 0. The smallest absolute Gasteiger partial charge is 0.234 e. The molecule has 1 aliphatic heterocycles. The predicted octanol–water partition coefficient (Wildman–Crippen LogP) is 1.53. The maximum Gasteiger partial charge on any atom is 0.234 e. The van der Waals surface area contributed by atoms with E-state index in [-0.39, 0.29) is 11.9 Å². The first-order valence-electron chi connectivity index (χ1n) is 9.06. The molecular formula is C17H27ClN6O. The molecule has 3 N–H and O–H groups in total. The molecular weight excluding hydrogens is 340 g/mol. The summed E-state index contributed by atoms with van der Waals surface area (Å²) in [5.74, 6) is 1.79. The van der Waals surface area contributed by atoms with E-state index >= 15 is 0 Å². The quantitative estimate of drug-likeness (QED) is 0.786. The molecule has 0 bridgehead atoms. The van der Waals surface area contributed by atoms with Crippen molar-refractivity contribution in [3.63, 3.8) is 0 Å². The van der Waals surface area contributed by atoms with E-state index in [1.54, 1.807) is 6.07 Å². The Kier molecular flexibility index (Phi) is 5.96. The summed E-state index contributed by atoms with van der Waals surface area (Å²) in [6.45, 7) is 5.95. The Balaban J connectivity index is 1.45. The van der Waals surface area contributed by atoms with E-state index in [2.05, 4.69) is 32.0 Å². The van der Waals surface area contributed by atoms with Gasteiger partial charge in [0.05, 0.1) is 6.54 Å². The van der Waals surface area contributed by atoms with Crippen molar-refractivity contribution < 1.29 is 4.79 Å². The third-order valence-corrected chi connectivity index (χ3v) is 5.26. The number of carbonyl (C=O) groups excluding carboxylic acids is 1. The number of hydrogen-bond donors (Lipinski definition) is 2. The Morgan fingerprint density at radius 2 is 2.08 bits per heavy atom. The number of anilines is 2. The SMILES string of the molecule is CC1CCCC(NC(=O)CN2CCN(c3cc(Cl)nc(N)n3)CC2)C1. The zero-order chi connectivity index (χ0) is 17.8. The lowest BCUT2D eigenvalue weighted by Crippen LogP contribution is -2.51. The van der Waals surface area contributed by atoms with Gasteiger partial charge in [0.15, 0.2) is 0 Å². The molecule has 0 aromatic carbocycles. The average molecular weight is 367 g/mol. The molecule has 138 valence electrons. The molecule has 7 nitrogen and oxygen atoms in total. The van der Waals surface area contributed by atoms with E-state index in [9.17, 15) is 4.79 Å². The number of nitrogen functional groups attached to an aromatic ring is 1. The van der Waals surface area contributed by atoms with Crippen LogP contribution in [-0.4, -0.2) is 59.5 Å². The Morgan fingerprint density at radius 3 is 2.76 bits per heavy atom. The van der Waals surface area contributed by atoms with Gasteiger partial charge in [-0.3, -0.25) is 9.69 Å². The van der Waals surface area contributed by atoms with Crippen LogP contribution in [0.15, 0.2) is 6.07 Å². The van der Waals surface area contributed by atoms with Crippen LogP contribution in [0.5, 0.6) is 0 Å². The monoisotopic (exact) mass is 366 g/mol. The lowest BCUT2D eigenvalue weighted by Gasteiger charge is -2.35. The number of nitrogens with two attached hydrogens (primary N) is 1. The van der Waals surface area contributed by atoms with Crippen molar-refractivity contribution in [1.29, 1.82) is 0 Å². The summed E-state index contributed by atoms with van der Waals surface area (Å²) in [7, 11) is 0. The number of aromatic nitrogens is 2. The molecule has 3 rings (SSSR count). The number of halogens is 1. The molecule has 0 spiro atoms. The molecule has 1 aromatic rings. The summed E-state index contributed by atoms with van der Waals surface area (Å²) in [6.07, 6.45) is 4.72. The first-order chi connectivity index (χ1) is 12.0. The largest absolute Gasteiger partial charge is 0.368 e. The Bertz CT molecular complexity index is 585. The summed E-state index contributed by atoms with van der Waals surface area (Å²) >= 11 is 5.95. The third kappa shape index (κ3) is 5.19. The number of rotatable bonds is 4. The van der Waals surface area contributed by atoms with Crippen LogP contribution in [-0.2, 0) is 4.79 Å². The molecule has 1 aromatic heterocycles. The first kappa shape index (κ1) is 18.2. The molecule has 1 saturated heterocycles. The first-order valence-corrected chi connectivity index (χ1v) is 9.44. The molecule has 2 fully saturated rings. The van der Waals surface area contributed by atoms with Gasteiger partial charge in [-0.25, -0.2) is 4.98 Å². The minimum absolute atomic E-state index is 0.141. The fraction of sp³-hybridized carbons (Fsp3) is 0.706. The maximum atomic E-state index is 12.3. The number of amides is 1. The van der Waals surface area contributed by atoms with Crippen molar-refractivity contribution in [2.75, 3.05) is 43.4 Å². The second-order valence-corrected chi connectivity index (χ2v) is 7.59. The van der Waals surface area contributed by atoms with Crippen LogP contribution in [0.25, 0.3) is 0 Å². The van der Waals surface area contributed by atoms with Crippen molar-refractivity contribution in [3.05, 3.63) is 11.2 Å². The van der Waals surface area contributed by atoms with Gasteiger partial charge in [-0.15, -0.1) is 0 Å². The lowest BCUT2D eigenvalue weighted by molar-refractivity contribution is -0.123. The average Bonchev–Trinajstić information content (AvgIpc) is 2.54. The van der Waals surface area contributed by atoms with Gasteiger partial charge in [0.25, 0.3) is 0 Å². The van der Waals surface area contributed by atoms with Crippen LogP contribution in [0.1, 0.15) is 32.6 Å². The van der Waals surface area contributed by atoms with Crippen molar-refractivity contribution in [1.82, 2.24) is 20.2 Å². The van der Waals surface area contributed by atoms with Gasteiger partial charge in [0, 0.05) is 38.3 Å². The predicted molar refractivity (Wildman–Crippen MR) is 99.7 cm³/mol. The Labute approximate surface area is 153 Å². The molecule has 2 atom stereocenters. The third-order valence-electron chi connectivity index (χ3n) is 5.06. The summed E-state index contributed by atoms with van der Waals surface area (Å²) in [5, 5.41) is 3.56. The van der Waals surface area contributed by atoms with Crippen LogP contribution in [0, 0.1) is 5.92 Å². The number of piperazine rings is 1. The van der Waals surface area contributed by atoms with E-state index in [4.69, 9.17) is 17.3 Å². The standard InChI is InChI=1S/C17H27ClN6O/c1-12-3-2-4-13(9-12)20-16(25)11-23-5-7-24(8-6-23)15-10-14(18)21-17(19)22-15/h10,12-13H,2-9,11H2,1H3,(H,20,25)(H2,19,21,22). The fourth-order valence-electron chi connectivity index (χ4n) is 3.76. The number of nitrogens with one attached hydrogen (secondary N) is 1. The maximum absolute atomic E-state index is 12.3. The van der Waals surface area contributed by atoms with Crippen LogP contribution in [0.3, 0.4) is 0 Å². The fourth-order valence-corrected chi connectivity index (χ4v) is 3.95. The van der Waals surface area contributed by atoms with Gasteiger partial charge in [0.1, 0.15) is 11.0 Å². The van der Waals surface area contributed by atoms with Crippen molar-refractivity contribution in [3.8, 4) is 0 Å². The molecule has 1 aliphatic carbocycles. The Morgan fingerprint density at radius 1 is 1.32 bits per heavy atom. The molecule has 1 saturated carbocycles. The van der Waals surface area contributed by atoms with Crippen LogP contribution < -0.4 is 16.0 Å². The topological polar surface area (TPSA) is 87.4 Å². The van der Waals surface area contributed by atoms with Gasteiger partial charge in [-0.1, -0.05) is 31.4 Å². The Hall–Kier alpha value is -1.60. The number of hydrogen-bond acceptors (Lipinski definition) is 6. The van der Waals surface area contributed by atoms with Crippen molar-refractivity contribution in [2.24, 2.45) is 5.92 Å². The van der Waals surface area contributed by atoms with E-state index in [0.29, 0.717) is 17.7 Å².